The van der Waals surface area contributed by atoms with Crippen LogP contribution in [0.5, 0.6) is 0 Å². The van der Waals surface area contributed by atoms with Gasteiger partial charge < -0.3 is 39.1 Å². The Morgan fingerprint density at radius 1 is 1.00 bits per heavy atom. The molecule has 228 valence electrons. The van der Waals surface area contributed by atoms with E-state index >= 15 is 0 Å². The van der Waals surface area contributed by atoms with Gasteiger partial charge in [-0.1, -0.05) is 0 Å². The van der Waals surface area contributed by atoms with Gasteiger partial charge in [-0.2, -0.15) is 0 Å². The number of rotatable bonds is 10. The smallest absolute Gasteiger partial charge is 0.478 e. The van der Waals surface area contributed by atoms with Gasteiger partial charge in [0.2, 0.25) is 0 Å². The Bertz CT molecular complexity index is 1600. The second-order valence-corrected chi connectivity index (χ2v) is 12.1. The molecule has 4 heterocycles. The number of aromatic amines is 2. The molecule has 0 saturated carbocycles. The average Bonchev–Trinajstić information content (AvgIpc) is 3.37. The normalized spacial score (nSPS) is 31.1. The summed E-state index contributed by atoms with van der Waals surface area (Å²) in [6.07, 6.45) is -8.40. The first-order valence-corrected chi connectivity index (χ1v) is 14.7. The van der Waals surface area contributed by atoms with E-state index in [0.717, 1.165) is 21.4 Å². The number of hydrogen-bond donors (Lipinski definition) is 6. The molecule has 0 aliphatic carbocycles. The molecule has 2 aromatic heterocycles. The minimum absolute atomic E-state index is 0.171. The number of ether oxygens (including phenoxy) is 2. The van der Waals surface area contributed by atoms with Gasteiger partial charge in [0.1, 0.15) is 30.6 Å². The van der Waals surface area contributed by atoms with Crippen molar-refractivity contribution < 1.29 is 57.1 Å². The number of aryl methyl sites for hydroxylation is 1. The number of phosphoric acid groups is 2. The molecule has 2 fully saturated rings. The molecule has 9 atom stereocenters. The predicted molar refractivity (Wildman–Crippen MR) is 128 cm³/mol. The van der Waals surface area contributed by atoms with Gasteiger partial charge in [0.25, 0.3) is 18.9 Å². The molecule has 3 unspecified atom stereocenters. The Morgan fingerprint density at radius 2 is 1.66 bits per heavy atom. The number of aliphatic hydroxyl groups excluding tert-OH is 3. The van der Waals surface area contributed by atoms with Crippen LogP contribution in [0.2, 0.25) is 0 Å². The number of nitrogens with zero attached hydrogens (tertiary/aromatic N) is 2. The first-order valence-electron chi connectivity index (χ1n) is 11.7. The van der Waals surface area contributed by atoms with Crippen LogP contribution in [0.15, 0.2) is 37.6 Å². The molecule has 2 aromatic rings. The molecule has 0 spiro atoms. The number of phosphoric ester groups is 2. The van der Waals surface area contributed by atoms with Crippen LogP contribution in [0, 0.1) is 6.92 Å². The van der Waals surface area contributed by atoms with Crippen molar-refractivity contribution in [1.82, 2.24) is 19.1 Å². The second-order valence-electron chi connectivity index (χ2n) is 9.06. The summed E-state index contributed by atoms with van der Waals surface area (Å²) in [4.78, 5) is 72.7. The fraction of sp³-hybridized carbons (Fsp3) is 0.579. The van der Waals surface area contributed by atoms with Crippen LogP contribution in [0.25, 0.3) is 0 Å². The Morgan fingerprint density at radius 3 is 2.34 bits per heavy atom. The number of H-pyrrole nitrogens is 2. The van der Waals surface area contributed by atoms with Crippen molar-refractivity contribution in [2.24, 2.45) is 0 Å². The van der Waals surface area contributed by atoms with Crippen molar-refractivity contribution in [3.63, 3.8) is 0 Å². The first-order chi connectivity index (χ1) is 19.1. The van der Waals surface area contributed by atoms with E-state index in [4.69, 9.17) is 9.47 Å². The molecule has 41 heavy (non-hydrogen) atoms. The number of hydrogen-bond acceptors (Lipinski definition) is 15. The molecule has 0 aromatic carbocycles. The minimum atomic E-state index is -5.60. The summed E-state index contributed by atoms with van der Waals surface area (Å²) < 4.78 is 50.0. The third-order valence-electron chi connectivity index (χ3n) is 6.12. The molecule has 2 aliphatic heterocycles. The van der Waals surface area contributed by atoms with Gasteiger partial charge in [-0.25, -0.2) is 18.5 Å². The molecule has 0 amide bonds. The van der Waals surface area contributed by atoms with Gasteiger partial charge in [0.15, 0.2) is 6.23 Å². The van der Waals surface area contributed by atoms with E-state index in [1.54, 1.807) is 0 Å². The second kappa shape index (κ2) is 12.0. The van der Waals surface area contributed by atoms with Crippen molar-refractivity contribution in [2.45, 2.75) is 56.3 Å². The van der Waals surface area contributed by atoms with E-state index in [2.05, 4.69) is 18.3 Å². The Labute approximate surface area is 227 Å². The maximum absolute atomic E-state index is 12.2. The van der Waals surface area contributed by atoms with Gasteiger partial charge >= 0.3 is 19.2 Å². The maximum atomic E-state index is 12.2. The molecule has 2 aliphatic rings. The molecular formula is C19H25N4O16P2-. The first kappa shape index (κ1) is 31.4. The van der Waals surface area contributed by atoms with Crippen molar-refractivity contribution in [2.75, 3.05) is 13.2 Å². The van der Waals surface area contributed by atoms with Crippen molar-refractivity contribution >= 4 is 15.6 Å². The molecule has 20 nitrogen and oxygen atoms in total. The lowest BCUT2D eigenvalue weighted by Gasteiger charge is -2.26. The van der Waals surface area contributed by atoms with E-state index < -0.39 is 94.3 Å². The standard InChI is InChI=1S/C19H26N4O16P2/c1-8-5-23(19(30)21-16(8)28)13-4-9(24)10(37-13)6-35-40(31,32)39-41(33,34)36-7-11-14(26)15(27)17(38-11)22-3-2-12(25)20-18(22)29/h2-3,5,9-11,13-15,17,24,26-27H,4,6-7H2,1H3,(H,31,32)(H,33,34)(H,20,25,29)(H,21,28,30)/p-1/t9-,10-,11-,13-,14?,15+,17-/m1/s1. The summed E-state index contributed by atoms with van der Waals surface area (Å²) in [6, 6.07) is 0.940. The van der Waals surface area contributed by atoms with Gasteiger partial charge in [-0.15, -0.1) is 0 Å². The maximum Gasteiger partial charge on any atom is 0.478 e. The Balaban J connectivity index is 1.31. The topological polar surface area (TPSA) is 294 Å². The quantitative estimate of drug-likeness (QED) is 0.138. The highest BCUT2D eigenvalue weighted by molar-refractivity contribution is 7.60. The summed E-state index contributed by atoms with van der Waals surface area (Å²) in [5, 5.41) is 30.6. The third kappa shape index (κ3) is 7.26. The Kier molecular flexibility index (Phi) is 9.15. The monoisotopic (exact) mass is 627 g/mol. The summed E-state index contributed by atoms with van der Waals surface area (Å²) in [5.41, 5.74) is -3.02. The molecular weight excluding hydrogens is 602 g/mol. The van der Waals surface area contributed by atoms with Crippen LogP contribution < -0.4 is 27.4 Å². The summed E-state index contributed by atoms with van der Waals surface area (Å²) in [5.74, 6) is 0. The SMILES string of the molecule is Cc1cn([C@H]2C[C@@H](O)[C@@H](COP(=O)([O-])OP(=O)(O)OC[C@H]3O[C@@H](n4ccc(=O)[nH]c4=O)[C@@H](O)C3O)O2)c(=O)[nH]c1=O. The molecule has 22 heteroatoms. The lowest BCUT2D eigenvalue weighted by molar-refractivity contribution is -0.221. The molecule has 0 radical (unpaired) electrons. The van der Waals surface area contributed by atoms with Gasteiger partial charge in [0.05, 0.1) is 19.3 Å². The fourth-order valence-electron chi connectivity index (χ4n) is 4.07. The lowest BCUT2D eigenvalue weighted by Crippen LogP contribution is -2.37. The van der Waals surface area contributed by atoms with Crippen LogP contribution in [0.4, 0.5) is 0 Å². The van der Waals surface area contributed by atoms with E-state index in [9.17, 15) is 53.4 Å². The summed E-state index contributed by atoms with van der Waals surface area (Å²) >= 11 is 0. The zero-order valence-corrected chi connectivity index (χ0v) is 22.7. The van der Waals surface area contributed by atoms with Crippen molar-refractivity contribution in [1.29, 1.82) is 0 Å². The van der Waals surface area contributed by atoms with Gasteiger partial charge in [-0.3, -0.25) is 37.8 Å². The zero-order valence-electron chi connectivity index (χ0n) is 20.9. The molecule has 6 N–H and O–H groups in total. The highest BCUT2D eigenvalue weighted by atomic mass is 31.3. The van der Waals surface area contributed by atoms with Gasteiger partial charge in [-0.05, 0) is 6.92 Å². The van der Waals surface area contributed by atoms with E-state index in [0.29, 0.717) is 0 Å². The third-order valence-corrected chi connectivity index (χ3v) is 8.69. The largest absolute Gasteiger partial charge is 0.756 e. The predicted octanol–water partition coefficient (Wildman–Crippen LogP) is -3.72. The summed E-state index contributed by atoms with van der Waals surface area (Å²) in [7, 11) is -11.0. The number of aliphatic hydroxyl groups is 3. The lowest BCUT2D eigenvalue weighted by atomic mass is 10.1. The van der Waals surface area contributed by atoms with E-state index in [1.165, 1.54) is 13.1 Å². The summed E-state index contributed by atoms with van der Waals surface area (Å²) in [6.45, 7) is -0.476. The fourth-order valence-corrected chi connectivity index (χ4v) is 6.12. The zero-order chi connectivity index (χ0) is 30.3. The highest BCUT2D eigenvalue weighted by Gasteiger charge is 2.45. The van der Waals surface area contributed by atoms with Crippen molar-refractivity contribution in [3.05, 3.63) is 65.7 Å². The van der Waals surface area contributed by atoms with Crippen molar-refractivity contribution in [3.8, 4) is 0 Å². The van der Waals surface area contributed by atoms with Crippen LogP contribution >= 0.6 is 15.6 Å². The van der Waals surface area contributed by atoms with Crippen LogP contribution in [0.3, 0.4) is 0 Å². The van der Waals surface area contributed by atoms with Crippen LogP contribution in [0.1, 0.15) is 24.4 Å². The van der Waals surface area contributed by atoms with Gasteiger partial charge in [0, 0.05) is 30.4 Å². The molecule has 0 bridgehead atoms. The van der Waals surface area contributed by atoms with E-state index in [-0.39, 0.29) is 12.0 Å². The average molecular weight is 627 g/mol. The molecule has 2 saturated heterocycles. The Hall–Kier alpha value is -2.58. The number of nitrogens with one attached hydrogen (secondary N) is 2. The van der Waals surface area contributed by atoms with Crippen LogP contribution in [-0.4, -0.2) is 83.0 Å². The number of aromatic nitrogens is 4. The molecule has 4 rings (SSSR count). The highest BCUT2D eigenvalue weighted by Crippen LogP contribution is 2.58. The van der Waals surface area contributed by atoms with E-state index in [1.807, 2.05) is 4.98 Å². The minimum Gasteiger partial charge on any atom is -0.756 e. The van der Waals surface area contributed by atoms with Crippen LogP contribution in [-0.2, 0) is 32.0 Å².